The highest BCUT2D eigenvalue weighted by Gasteiger charge is 2.38. The molecule has 1 aliphatic heterocycles. The lowest BCUT2D eigenvalue weighted by Gasteiger charge is -2.26. The Kier molecular flexibility index (Phi) is 7.66. The van der Waals surface area contributed by atoms with Crippen LogP contribution in [0.25, 0.3) is 0 Å². The number of halogens is 2. The molecule has 0 radical (unpaired) electrons. The van der Waals surface area contributed by atoms with Crippen LogP contribution in [-0.2, 0) is 11.3 Å². The molecule has 2 aromatic rings. The number of aromatic nitrogens is 3. The van der Waals surface area contributed by atoms with E-state index in [0.717, 1.165) is 37.1 Å². The van der Waals surface area contributed by atoms with E-state index in [1.54, 1.807) is 11.0 Å². The predicted molar refractivity (Wildman–Crippen MR) is 99.0 cm³/mol. The second-order valence-electron chi connectivity index (χ2n) is 5.71. The van der Waals surface area contributed by atoms with Gasteiger partial charge in [0, 0.05) is 5.69 Å². The lowest BCUT2D eigenvalue weighted by atomic mass is 9.93. The highest BCUT2D eigenvalue weighted by Crippen LogP contribution is 2.25. The van der Waals surface area contributed by atoms with E-state index in [9.17, 15) is 4.79 Å². The minimum Gasteiger partial charge on any atom is -0.324 e. The smallest absolute Gasteiger partial charge is 0.244 e. The molecule has 1 aromatic carbocycles. The third-order valence-corrected chi connectivity index (χ3v) is 4.28. The molecule has 24 heavy (non-hydrogen) atoms. The summed E-state index contributed by atoms with van der Waals surface area (Å²) in [6.07, 6.45) is 5.95. The van der Waals surface area contributed by atoms with Crippen molar-refractivity contribution in [3.8, 4) is 0 Å². The van der Waals surface area contributed by atoms with Gasteiger partial charge in [-0.25, -0.2) is 9.67 Å². The van der Waals surface area contributed by atoms with Gasteiger partial charge in [-0.05, 0) is 43.5 Å². The zero-order valence-corrected chi connectivity index (χ0v) is 15.2. The lowest BCUT2D eigenvalue weighted by Crippen LogP contribution is -2.50. The largest absolute Gasteiger partial charge is 0.324 e. The van der Waals surface area contributed by atoms with Crippen molar-refractivity contribution in [2.45, 2.75) is 38.3 Å². The van der Waals surface area contributed by atoms with Gasteiger partial charge in [-0.3, -0.25) is 4.79 Å². The maximum Gasteiger partial charge on any atom is 0.244 e. The number of nitrogens with one attached hydrogen (secondary N) is 2. The topological polar surface area (TPSA) is 71.8 Å². The van der Waals surface area contributed by atoms with Crippen molar-refractivity contribution in [2.75, 3.05) is 11.9 Å². The summed E-state index contributed by atoms with van der Waals surface area (Å²) in [6.45, 7) is 3.60. The average Bonchev–Trinajstić information content (AvgIpc) is 3.19. The van der Waals surface area contributed by atoms with Crippen molar-refractivity contribution in [1.29, 1.82) is 0 Å². The van der Waals surface area contributed by atoms with Gasteiger partial charge in [0.15, 0.2) is 0 Å². The van der Waals surface area contributed by atoms with Crippen molar-refractivity contribution in [2.24, 2.45) is 0 Å². The third kappa shape index (κ3) is 4.47. The normalized spacial score (nSPS) is 19.2. The lowest BCUT2D eigenvalue weighted by molar-refractivity contribution is -0.122. The molecule has 1 saturated heterocycles. The van der Waals surface area contributed by atoms with E-state index in [4.69, 9.17) is 0 Å². The number of carbonyl (C=O) groups is 1. The molecular weight excluding hydrogens is 349 g/mol. The van der Waals surface area contributed by atoms with Crippen LogP contribution in [0, 0.1) is 0 Å². The number of carbonyl (C=O) groups excluding carboxylic acids is 1. The van der Waals surface area contributed by atoms with Gasteiger partial charge in [-0.15, -0.1) is 24.8 Å². The van der Waals surface area contributed by atoms with E-state index >= 15 is 0 Å². The molecular formula is C16H23Cl2N5O. The second-order valence-corrected chi connectivity index (χ2v) is 5.71. The molecule has 0 aliphatic carbocycles. The fraction of sp³-hybridized carbons (Fsp3) is 0.438. The first-order valence-corrected chi connectivity index (χ1v) is 7.70. The number of hydrogen-bond acceptors (Lipinski definition) is 4. The van der Waals surface area contributed by atoms with Crippen LogP contribution in [0.3, 0.4) is 0 Å². The van der Waals surface area contributed by atoms with Crippen LogP contribution in [0.5, 0.6) is 0 Å². The van der Waals surface area contributed by atoms with Gasteiger partial charge in [0.1, 0.15) is 12.7 Å². The zero-order chi connectivity index (χ0) is 15.4. The van der Waals surface area contributed by atoms with Gasteiger partial charge in [-0.2, -0.15) is 5.10 Å². The summed E-state index contributed by atoms with van der Waals surface area (Å²) in [7, 11) is 0. The Labute approximate surface area is 154 Å². The van der Waals surface area contributed by atoms with E-state index in [2.05, 4.69) is 27.6 Å². The maximum absolute atomic E-state index is 12.6. The quantitative estimate of drug-likeness (QED) is 0.847. The Morgan fingerprint density at radius 3 is 2.88 bits per heavy atom. The third-order valence-electron chi connectivity index (χ3n) is 4.28. The highest BCUT2D eigenvalue weighted by molar-refractivity contribution is 5.98. The van der Waals surface area contributed by atoms with E-state index in [1.165, 1.54) is 6.33 Å². The molecule has 6 nitrogen and oxygen atoms in total. The summed E-state index contributed by atoms with van der Waals surface area (Å²) >= 11 is 0. The Hall–Kier alpha value is -1.63. The van der Waals surface area contributed by atoms with Gasteiger partial charge in [0.25, 0.3) is 0 Å². The number of nitrogens with zero attached hydrogens (tertiary/aromatic N) is 3. The molecule has 2 N–H and O–H groups in total. The molecule has 8 heteroatoms. The summed E-state index contributed by atoms with van der Waals surface area (Å²) in [5.74, 6) is 0.0606. The molecule has 0 bridgehead atoms. The fourth-order valence-corrected chi connectivity index (χ4v) is 2.96. The van der Waals surface area contributed by atoms with Crippen LogP contribution < -0.4 is 10.6 Å². The van der Waals surface area contributed by atoms with E-state index < -0.39 is 5.54 Å². The SMILES string of the molecule is CCC1(C(=O)Nc2cccc(Cn3cncn3)c2)CCCN1.Cl.Cl. The second kappa shape index (κ2) is 9.01. The van der Waals surface area contributed by atoms with E-state index in [0.29, 0.717) is 6.54 Å². The molecule has 1 fully saturated rings. The van der Waals surface area contributed by atoms with Gasteiger partial charge in [-0.1, -0.05) is 19.1 Å². The van der Waals surface area contributed by atoms with Crippen molar-refractivity contribution in [3.05, 3.63) is 42.5 Å². The maximum atomic E-state index is 12.6. The van der Waals surface area contributed by atoms with Crippen LogP contribution in [0.2, 0.25) is 0 Å². The molecule has 0 spiro atoms. The van der Waals surface area contributed by atoms with E-state index in [1.807, 2.05) is 24.3 Å². The number of benzene rings is 1. The Bertz CT molecular complexity index is 642. The summed E-state index contributed by atoms with van der Waals surface area (Å²) < 4.78 is 1.76. The van der Waals surface area contributed by atoms with Crippen molar-refractivity contribution in [1.82, 2.24) is 20.1 Å². The minimum atomic E-state index is -0.415. The molecule has 3 rings (SSSR count). The predicted octanol–water partition coefficient (Wildman–Crippen LogP) is 2.64. The van der Waals surface area contributed by atoms with Crippen molar-refractivity contribution in [3.63, 3.8) is 0 Å². The van der Waals surface area contributed by atoms with Crippen molar-refractivity contribution >= 4 is 36.4 Å². The van der Waals surface area contributed by atoms with Crippen LogP contribution in [-0.4, -0.2) is 32.8 Å². The zero-order valence-electron chi connectivity index (χ0n) is 13.6. The van der Waals surface area contributed by atoms with Gasteiger partial charge < -0.3 is 10.6 Å². The van der Waals surface area contributed by atoms with Gasteiger partial charge in [0.05, 0.1) is 12.1 Å². The standard InChI is InChI=1S/C16H21N5O.2ClH/c1-2-16(7-4-8-18-16)15(22)20-14-6-3-5-13(9-14)10-21-12-17-11-19-21;;/h3,5-6,9,11-12,18H,2,4,7-8,10H2,1H3,(H,20,22);2*1H. The number of rotatable bonds is 5. The van der Waals surface area contributed by atoms with E-state index in [-0.39, 0.29) is 30.7 Å². The first-order chi connectivity index (χ1) is 10.7. The van der Waals surface area contributed by atoms with Gasteiger partial charge >= 0.3 is 0 Å². The van der Waals surface area contributed by atoms with Crippen LogP contribution in [0.1, 0.15) is 31.7 Å². The summed E-state index contributed by atoms with van der Waals surface area (Å²) in [5, 5.41) is 10.5. The Morgan fingerprint density at radius 1 is 1.42 bits per heavy atom. The molecule has 0 saturated carbocycles. The van der Waals surface area contributed by atoms with Crippen LogP contribution >= 0.6 is 24.8 Å². The highest BCUT2D eigenvalue weighted by atomic mass is 35.5. The first-order valence-electron chi connectivity index (χ1n) is 7.70. The average molecular weight is 372 g/mol. The molecule has 2 heterocycles. The van der Waals surface area contributed by atoms with Gasteiger partial charge in [0.2, 0.25) is 5.91 Å². The molecule has 1 amide bonds. The Balaban J connectivity index is 0.00000144. The summed E-state index contributed by atoms with van der Waals surface area (Å²) in [4.78, 5) is 16.5. The fourth-order valence-electron chi connectivity index (χ4n) is 2.96. The van der Waals surface area contributed by atoms with Crippen LogP contribution in [0.15, 0.2) is 36.9 Å². The monoisotopic (exact) mass is 371 g/mol. The molecule has 1 unspecified atom stereocenters. The minimum absolute atomic E-state index is 0. The number of hydrogen-bond donors (Lipinski definition) is 2. The Morgan fingerprint density at radius 2 is 2.25 bits per heavy atom. The number of amides is 1. The molecule has 132 valence electrons. The van der Waals surface area contributed by atoms with Crippen molar-refractivity contribution < 1.29 is 4.79 Å². The summed E-state index contributed by atoms with van der Waals surface area (Å²) in [6, 6.07) is 7.86. The molecule has 1 atom stereocenters. The summed E-state index contributed by atoms with van der Waals surface area (Å²) in [5.41, 5.74) is 1.49. The first kappa shape index (κ1) is 20.4. The van der Waals surface area contributed by atoms with Crippen LogP contribution in [0.4, 0.5) is 5.69 Å². The molecule has 1 aromatic heterocycles. The molecule has 1 aliphatic rings. The number of anilines is 1.